The van der Waals surface area contributed by atoms with Gasteiger partial charge in [0.25, 0.3) is 5.91 Å². The van der Waals surface area contributed by atoms with Crippen LogP contribution in [0.5, 0.6) is 5.75 Å². The molecular formula is C46H73N13O11. The zero-order chi connectivity index (χ0) is 52.2. The molecule has 2 aromatic rings. The molecule has 1 aromatic carbocycles. The number of carboxylic acid groups (broad SMARTS) is 1. The van der Waals surface area contributed by atoms with Crippen LogP contribution < -0.4 is 49.3 Å². The van der Waals surface area contributed by atoms with Crippen molar-refractivity contribution in [2.75, 3.05) is 13.1 Å². The SMILES string of the molecule is CC[C@H](C)[C@H](NC(=O)[C@@H]1CCCN1C(=O)[C@H](Cc1cnc[nH]1)NC(=O)[C@@H](NC(=O)[C@H](Cc1ccc(O)cc1)NC(=O)[C@@H](NC(=O)[C@H](CCCN=C(N)N)NC(=O)C(C)ON)C(C)C)[C@@H](C)CC)C(=O)O. The molecule has 15 N–H and O–H groups in total. The summed E-state index contributed by atoms with van der Waals surface area (Å²) in [6, 6.07) is -2.65. The summed E-state index contributed by atoms with van der Waals surface area (Å²) in [5, 5.41) is 36.0. The number of phenolic OH excluding ortho intramolecular Hbond substituents is 1. The normalized spacial score (nSPS) is 17.3. The van der Waals surface area contributed by atoms with Gasteiger partial charge in [0.15, 0.2) is 12.1 Å². The van der Waals surface area contributed by atoms with Crippen molar-refractivity contribution in [3.05, 3.63) is 48.0 Å². The number of hydrogen-bond donors (Lipinski definition) is 12. The van der Waals surface area contributed by atoms with E-state index in [-0.39, 0.29) is 56.9 Å². The summed E-state index contributed by atoms with van der Waals surface area (Å²) < 4.78 is 0. The highest BCUT2D eigenvalue weighted by Gasteiger charge is 2.41. The first-order valence-electron chi connectivity index (χ1n) is 23.6. The smallest absolute Gasteiger partial charge is 0.326 e. The number of nitrogens with zero attached hydrogens (tertiary/aromatic N) is 3. The lowest BCUT2D eigenvalue weighted by Gasteiger charge is -2.32. The molecule has 70 heavy (non-hydrogen) atoms. The van der Waals surface area contributed by atoms with Crippen LogP contribution in [0.3, 0.4) is 0 Å². The molecule has 1 aliphatic rings. The minimum Gasteiger partial charge on any atom is -0.508 e. The van der Waals surface area contributed by atoms with E-state index in [1.807, 2.05) is 0 Å². The van der Waals surface area contributed by atoms with Gasteiger partial charge in [-0.2, -0.15) is 0 Å². The number of aliphatic carboxylic acids is 1. The fourth-order valence-electron chi connectivity index (χ4n) is 7.72. The molecule has 2 heterocycles. The van der Waals surface area contributed by atoms with Gasteiger partial charge in [0.1, 0.15) is 48.0 Å². The fraction of sp³-hybridized carbons (Fsp3) is 0.609. The highest BCUT2D eigenvalue weighted by Crippen LogP contribution is 2.22. The average molecular weight is 984 g/mol. The predicted molar refractivity (Wildman–Crippen MR) is 256 cm³/mol. The Balaban J connectivity index is 1.93. The van der Waals surface area contributed by atoms with E-state index in [0.29, 0.717) is 30.5 Å². The molecule has 1 aliphatic heterocycles. The van der Waals surface area contributed by atoms with Crippen molar-refractivity contribution in [1.29, 1.82) is 0 Å². The van der Waals surface area contributed by atoms with Crippen LogP contribution in [-0.2, 0) is 56.0 Å². The predicted octanol–water partition coefficient (Wildman–Crippen LogP) is -1.03. The first-order valence-corrected chi connectivity index (χ1v) is 23.6. The molecule has 1 aromatic heterocycles. The lowest BCUT2D eigenvalue weighted by Crippen LogP contribution is -2.62. The second-order valence-corrected chi connectivity index (χ2v) is 18.1. The summed E-state index contributed by atoms with van der Waals surface area (Å²) >= 11 is 0. The van der Waals surface area contributed by atoms with Crippen molar-refractivity contribution >= 4 is 53.3 Å². The van der Waals surface area contributed by atoms with Gasteiger partial charge in [-0.3, -0.25) is 43.4 Å². The van der Waals surface area contributed by atoms with E-state index < -0.39 is 113 Å². The van der Waals surface area contributed by atoms with Crippen molar-refractivity contribution in [2.45, 2.75) is 148 Å². The molecule has 24 nitrogen and oxygen atoms in total. The highest BCUT2D eigenvalue weighted by molar-refractivity contribution is 5.98. The van der Waals surface area contributed by atoms with E-state index in [4.69, 9.17) is 17.4 Å². The number of H-pyrrole nitrogens is 1. The summed E-state index contributed by atoms with van der Waals surface area (Å²) in [5.41, 5.74) is 11.9. The quantitative estimate of drug-likeness (QED) is 0.0210. The van der Waals surface area contributed by atoms with E-state index in [1.165, 1.54) is 36.5 Å². The molecule has 3 rings (SSSR count). The van der Waals surface area contributed by atoms with Crippen LogP contribution in [0.15, 0.2) is 41.8 Å². The summed E-state index contributed by atoms with van der Waals surface area (Å²) in [6.07, 6.45) is 3.42. The van der Waals surface area contributed by atoms with Gasteiger partial charge in [0, 0.05) is 37.8 Å². The number of guanidine groups is 1. The Kier molecular flexibility index (Phi) is 23.0. The Morgan fingerprint density at radius 1 is 0.786 bits per heavy atom. The molecular weight excluding hydrogens is 911 g/mol. The van der Waals surface area contributed by atoms with E-state index in [1.54, 1.807) is 53.7 Å². The Labute approximate surface area is 407 Å². The van der Waals surface area contributed by atoms with Gasteiger partial charge in [-0.25, -0.2) is 15.7 Å². The number of rotatable bonds is 28. The Bertz CT molecular complexity index is 2100. The monoisotopic (exact) mass is 984 g/mol. The number of aliphatic imine (C=N–C) groups is 1. The van der Waals surface area contributed by atoms with Crippen LogP contribution in [0.2, 0.25) is 0 Å². The Morgan fingerprint density at radius 2 is 1.37 bits per heavy atom. The molecule has 7 amide bonds. The molecule has 0 aliphatic carbocycles. The number of phenols is 1. The summed E-state index contributed by atoms with van der Waals surface area (Å²) in [6.45, 7) is 12.0. The lowest BCUT2D eigenvalue weighted by atomic mass is 9.96. The third-order valence-corrected chi connectivity index (χ3v) is 12.4. The summed E-state index contributed by atoms with van der Waals surface area (Å²) in [5.74, 6) is -2.69. The van der Waals surface area contributed by atoms with Crippen LogP contribution in [0.4, 0.5) is 0 Å². The number of amides is 7. The molecule has 0 bridgehead atoms. The van der Waals surface area contributed by atoms with Gasteiger partial charge >= 0.3 is 5.97 Å². The largest absolute Gasteiger partial charge is 0.508 e. The number of aromatic amines is 1. The van der Waals surface area contributed by atoms with Gasteiger partial charge in [0.05, 0.1) is 6.33 Å². The number of carbonyl (C=O) groups excluding carboxylic acids is 7. The summed E-state index contributed by atoms with van der Waals surface area (Å²) in [4.78, 5) is 127. The number of carboxylic acids is 1. The van der Waals surface area contributed by atoms with Crippen molar-refractivity contribution in [3.63, 3.8) is 0 Å². The Morgan fingerprint density at radius 3 is 1.94 bits per heavy atom. The second-order valence-electron chi connectivity index (χ2n) is 18.1. The topological polar surface area (TPSA) is 381 Å². The van der Waals surface area contributed by atoms with Crippen molar-refractivity contribution in [1.82, 2.24) is 46.8 Å². The molecule has 24 heteroatoms. The van der Waals surface area contributed by atoms with E-state index in [9.17, 15) is 48.6 Å². The standard InChI is InChI=1S/C46H73N13O11/c1-8-25(5)36(43(66)55-33(21-29-22-50-23-52-29)44(67)59-19-11-13-34(59)41(64)58-37(45(68)69)26(6)9-2)57-40(63)32(20-28-14-16-30(60)17-15-28)54-42(65)35(24(3)4)56-39(62)31(12-10-18-51-46(47)48)53-38(61)27(7)70-49/h14-17,22-27,31-37,60H,8-13,18-21,49H2,1-7H3,(H,50,52)(H,53,61)(H,54,65)(H,55,66)(H,56,62)(H,57,63)(H,58,64)(H,68,69)(H4,47,48,51)/t25-,26-,27?,31-,32-,33-,34-,35-,36-,37-/m0/s1. The number of carbonyl (C=O) groups is 8. The van der Waals surface area contributed by atoms with Crippen LogP contribution in [0, 0.1) is 17.8 Å². The maximum Gasteiger partial charge on any atom is 0.326 e. The fourth-order valence-corrected chi connectivity index (χ4v) is 7.72. The first-order chi connectivity index (χ1) is 33.1. The average Bonchev–Trinajstić information content (AvgIpc) is 4.04. The molecule has 10 atom stereocenters. The zero-order valence-electron chi connectivity index (χ0n) is 41.0. The number of benzene rings is 1. The Hall–Kier alpha value is -6.82. The third-order valence-electron chi connectivity index (χ3n) is 12.4. The molecule has 1 saturated heterocycles. The molecule has 0 radical (unpaired) electrons. The maximum atomic E-state index is 14.5. The molecule has 1 fully saturated rings. The highest BCUT2D eigenvalue weighted by atomic mass is 16.6. The number of aromatic nitrogens is 2. The minimum absolute atomic E-state index is 0.0482. The van der Waals surface area contributed by atoms with Crippen LogP contribution in [0.25, 0.3) is 0 Å². The maximum absolute atomic E-state index is 14.5. The molecule has 388 valence electrons. The number of likely N-dealkylation sites (tertiary alicyclic amines) is 1. The van der Waals surface area contributed by atoms with Gasteiger partial charge in [-0.05, 0) is 68.1 Å². The third kappa shape index (κ3) is 17.3. The number of nitrogens with one attached hydrogen (secondary N) is 7. The van der Waals surface area contributed by atoms with E-state index in [0.717, 1.165) is 0 Å². The number of aromatic hydroxyl groups is 1. The van der Waals surface area contributed by atoms with Gasteiger partial charge < -0.3 is 63.5 Å². The second kappa shape index (κ2) is 28.0. The minimum atomic E-state index is -1.37. The van der Waals surface area contributed by atoms with Crippen molar-refractivity contribution < 1.29 is 53.4 Å². The van der Waals surface area contributed by atoms with Crippen molar-refractivity contribution in [3.8, 4) is 5.75 Å². The molecule has 0 saturated carbocycles. The van der Waals surface area contributed by atoms with Gasteiger partial charge in [-0.1, -0.05) is 66.5 Å². The molecule has 0 spiro atoms. The van der Waals surface area contributed by atoms with Crippen molar-refractivity contribution in [2.24, 2.45) is 40.1 Å². The van der Waals surface area contributed by atoms with E-state index in [2.05, 4.69) is 51.7 Å². The number of hydrogen-bond acceptors (Lipinski definition) is 13. The van der Waals surface area contributed by atoms with E-state index >= 15 is 0 Å². The van der Waals surface area contributed by atoms with Gasteiger partial charge in [-0.15, -0.1) is 0 Å². The first kappa shape index (κ1) is 57.5. The van der Waals surface area contributed by atoms with Crippen LogP contribution >= 0.6 is 0 Å². The van der Waals surface area contributed by atoms with Gasteiger partial charge in [0.2, 0.25) is 35.4 Å². The number of imidazole rings is 1. The molecule has 1 unspecified atom stereocenters. The summed E-state index contributed by atoms with van der Waals surface area (Å²) in [7, 11) is 0. The number of nitrogens with two attached hydrogens (primary N) is 3. The van der Waals surface area contributed by atoms with Crippen LogP contribution in [-0.4, -0.2) is 140 Å². The zero-order valence-corrected chi connectivity index (χ0v) is 41.0. The lowest BCUT2D eigenvalue weighted by molar-refractivity contribution is -0.146. The van der Waals surface area contributed by atoms with Crippen LogP contribution in [0.1, 0.15) is 98.2 Å².